The number of aliphatic imine (C=N–C) groups is 5. The number of likely N-dealkylation sites (N-methyl/N-ethyl adjacent to an activating group) is 1. The molecule has 34 N–H and O–H groups in total. The molecule has 37 heteroatoms. The topological polar surface area (TPSA) is 639 Å². The first kappa shape index (κ1) is 80.0. The van der Waals surface area contributed by atoms with E-state index in [9.17, 15) is 39.3 Å². The summed E-state index contributed by atoms with van der Waals surface area (Å²) in [6.07, 6.45) is -0.319. The molecule has 0 aromatic rings. The summed E-state index contributed by atoms with van der Waals surface area (Å²) in [5, 5.41) is 38.2. The second-order valence-corrected chi connectivity index (χ2v) is 21.6. The van der Waals surface area contributed by atoms with Gasteiger partial charge in [-0.2, -0.15) is 0 Å². The third kappa shape index (κ3) is 32.0. The third-order valence-electron chi connectivity index (χ3n) is 14.1. The molecular weight excluding hydrogens is 1150 g/mol. The van der Waals surface area contributed by atoms with Gasteiger partial charge in [-0.05, 0) is 104 Å². The summed E-state index contributed by atoms with van der Waals surface area (Å²) in [7, 11) is 1.56. The highest BCUT2D eigenvalue weighted by molar-refractivity contribution is 5.81. The van der Waals surface area contributed by atoms with E-state index in [0.29, 0.717) is 103 Å². The highest BCUT2D eigenvalue weighted by atomic mass is 16.7. The summed E-state index contributed by atoms with van der Waals surface area (Å²) < 4.78 is 25.9. The Balaban J connectivity index is 0.00000267. The molecule has 3 fully saturated rings. The third-order valence-corrected chi connectivity index (χ3v) is 14.1. The molecule has 2 heterocycles. The van der Waals surface area contributed by atoms with Crippen LogP contribution in [-0.4, -0.2) is 232 Å². The monoisotopic (exact) mass is 1260 g/mol. The number of nitrogens with one attached hydrogen (secondary N) is 9. The molecular formula is C51H107N25O12. The van der Waals surface area contributed by atoms with Crippen LogP contribution in [0, 0.1) is 0 Å². The van der Waals surface area contributed by atoms with Crippen molar-refractivity contribution in [3.63, 3.8) is 0 Å². The van der Waals surface area contributed by atoms with Gasteiger partial charge in [-0.3, -0.25) is 46.0 Å². The van der Waals surface area contributed by atoms with E-state index < -0.39 is 97.0 Å². The van der Waals surface area contributed by atoms with Crippen molar-refractivity contribution in [2.24, 2.45) is 88.0 Å². The summed E-state index contributed by atoms with van der Waals surface area (Å²) in [6, 6.07) is -6.58. The van der Waals surface area contributed by atoms with Gasteiger partial charge in [-0.1, -0.05) is 7.43 Å². The Hall–Kier alpha value is -5.98. The zero-order valence-corrected chi connectivity index (χ0v) is 50.3. The van der Waals surface area contributed by atoms with E-state index in [-0.39, 0.29) is 81.7 Å². The number of hydrazine groups is 4. The van der Waals surface area contributed by atoms with Gasteiger partial charge in [0, 0.05) is 39.3 Å². The summed E-state index contributed by atoms with van der Waals surface area (Å²) in [5.74, 6) is -0.243. The van der Waals surface area contributed by atoms with Gasteiger partial charge < -0.3 is 122 Å². The van der Waals surface area contributed by atoms with Crippen LogP contribution in [0.25, 0.3) is 0 Å². The van der Waals surface area contributed by atoms with Crippen molar-refractivity contribution >= 4 is 60.7 Å². The number of aldehydes is 4. The average molecular weight is 1260 g/mol. The lowest BCUT2D eigenvalue weighted by Crippen LogP contribution is -2.71. The molecule has 0 radical (unpaired) electrons. The van der Waals surface area contributed by atoms with Gasteiger partial charge in [-0.25, -0.2) is 27.1 Å². The van der Waals surface area contributed by atoms with Crippen LogP contribution in [0.5, 0.6) is 0 Å². The van der Waals surface area contributed by atoms with Gasteiger partial charge >= 0.3 is 0 Å². The molecule has 0 bridgehead atoms. The first-order valence-corrected chi connectivity index (χ1v) is 29.1. The quantitative estimate of drug-likeness (QED) is 0.00886. The summed E-state index contributed by atoms with van der Waals surface area (Å²) in [4.78, 5) is 79.3. The normalized spacial score (nSPS) is 26.7. The molecule has 37 nitrogen and oxygen atoms in total. The largest absolute Gasteiger partial charge is 0.388 e. The molecule has 2 aliphatic heterocycles. The van der Waals surface area contributed by atoms with Gasteiger partial charge in [0.05, 0.1) is 67.1 Å². The highest BCUT2D eigenvalue weighted by Gasteiger charge is 2.52. The SMILES string of the molecule is C.CC(=O)C(N)CCCN=C(N)N.CN[C@H]1C(O)[C@@H](O[C@H]2C(O)[C@@H](O[C@H]3O[C@@H](CNN[C@@H](C=O)CCCN=C(N)N)CCC3NN[C@@H](C=O)CCCN=C(N)N)C(NN[C@@H](C=O)CCCN=C(N)N)C[C@H]2NN[C@@H](C=O)CCCN=C(N)N)OCC1(C)O. The lowest BCUT2D eigenvalue weighted by molar-refractivity contribution is -0.310. The number of hydrogen-bond acceptors (Lipinski definition) is 27. The highest BCUT2D eigenvalue weighted by Crippen LogP contribution is 2.33. The van der Waals surface area contributed by atoms with E-state index in [4.69, 9.17) is 82.0 Å². The number of ether oxygens (including phenoxy) is 4. The number of carbonyl (C=O) groups is 5. The molecule has 0 amide bonds. The van der Waals surface area contributed by atoms with Crippen LogP contribution in [0.15, 0.2) is 25.0 Å². The summed E-state index contributed by atoms with van der Waals surface area (Å²) in [6.45, 7) is 4.58. The van der Waals surface area contributed by atoms with Crippen molar-refractivity contribution in [3.05, 3.63) is 0 Å². The number of carbonyl (C=O) groups excluding carboxylic acids is 5. The van der Waals surface area contributed by atoms with Gasteiger partial charge in [0.1, 0.15) is 60.9 Å². The maximum atomic E-state index is 12.7. The fourth-order valence-electron chi connectivity index (χ4n) is 9.43. The van der Waals surface area contributed by atoms with Crippen LogP contribution >= 0.6 is 0 Å². The van der Waals surface area contributed by atoms with Crippen molar-refractivity contribution in [3.8, 4) is 0 Å². The van der Waals surface area contributed by atoms with E-state index in [0.717, 1.165) is 19.0 Å². The number of nitrogens with zero attached hydrogens (tertiary/aromatic N) is 5. The molecule has 3 rings (SSSR count). The number of aliphatic hydroxyl groups is 3. The summed E-state index contributed by atoms with van der Waals surface area (Å²) in [5.41, 5.74) is 82.7. The minimum Gasteiger partial charge on any atom is -0.388 e. The maximum absolute atomic E-state index is 12.7. The van der Waals surface area contributed by atoms with Gasteiger partial charge in [-0.15, -0.1) is 0 Å². The van der Waals surface area contributed by atoms with Crippen LogP contribution in [0.2, 0.25) is 0 Å². The van der Waals surface area contributed by atoms with E-state index in [1.165, 1.54) is 13.8 Å². The molecule has 1 aliphatic carbocycles. The predicted molar refractivity (Wildman–Crippen MR) is 333 cm³/mol. The number of hydrogen-bond donors (Lipinski definition) is 23. The van der Waals surface area contributed by atoms with Crippen molar-refractivity contribution in [1.82, 2.24) is 48.7 Å². The number of Topliss-reactive ketones (excluding diaryl/α,β-unsaturated/α-hetero) is 1. The summed E-state index contributed by atoms with van der Waals surface area (Å²) >= 11 is 0. The second kappa shape index (κ2) is 44.5. The Kier molecular flexibility index (Phi) is 40.4. The first-order valence-electron chi connectivity index (χ1n) is 29.1. The van der Waals surface area contributed by atoms with Gasteiger partial charge in [0.15, 0.2) is 42.4 Å². The van der Waals surface area contributed by atoms with Crippen molar-refractivity contribution in [2.45, 2.75) is 208 Å². The molecule has 0 aromatic carbocycles. The minimum atomic E-state index is -1.61. The Bertz CT molecular complexity index is 2140. The number of aliphatic hydroxyl groups excluding tert-OH is 2. The average Bonchev–Trinajstić information content (AvgIpc) is 1.17. The lowest BCUT2D eigenvalue weighted by Gasteiger charge is -2.50. The van der Waals surface area contributed by atoms with Crippen molar-refractivity contribution < 1.29 is 58.2 Å². The zero-order chi connectivity index (χ0) is 64.9. The van der Waals surface area contributed by atoms with Gasteiger partial charge in [0.2, 0.25) is 0 Å². The van der Waals surface area contributed by atoms with Crippen molar-refractivity contribution in [1.29, 1.82) is 0 Å². The molecule has 88 heavy (non-hydrogen) atoms. The molecule has 1 saturated carbocycles. The van der Waals surface area contributed by atoms with E-state index in [2.05, 4.69) is 73.7 Å². The van der Waals surface area contributed by atoms with Crippen LogP contribution in [0.4, 0.5) is 0 Å². The molecule has 2 saturated heterocycles. The molecule has 0 aromatic heterocycles. The van der Waals surface area contributed by atoms with E-state index >= 15 is 0 Å². The fourth-order valence-corrected chi connectivity index (χ4v) is 9.43. The van der Waals surface area contributed by atoms with Crippen LogP contribution < -0.4 is 112 Å². The zero-order valence-electron chi connectivity index (χ0n) is 50.3. The fraction of sp³-hybridized carbons (Fsp3) is 0.804. The van der Waals surface area contributed by atoms with Crippen molar-refractivity contribution in [2.75, 3.05) is 52.9 Å². The number of ketones is 1. The smallest absolute Gasteiger partial charge is 0.185 e. The number of nitrogens with two attached hydrogens (primary N) is 11. The minimum absolute atomic E-state index is 0. The van der Waals surface area contributed by atoms with Crippen LogP contribution in [0.3, 0.4) is 0 Å². The van der Waals surface area contributed by atoms with E-state index in [1.807, 2.05) is 0 Å². The Morgan fingerprint density at radius 3 is 1.34 bits per heavy atom. The van der Waals surface area contributed by atoms with Gasteiger partial charge in [0.25, 0.3) is 0 Å². The Morgan fingerprint density at radius 2 is 0.966 bits per heavy atom. The predicted octanol–water partition coefficient (Wildman–Crippen LogP) is -9.36. The maximum Gasteiger partial charge on any atom is 0.185 e. The Morgan fingerprint density at radius 1 is 0.591 bits per heavy atom. The Labute approximate surface area is 515 Å². The molecule has 0 spiro atoms. The lowest BCUT2D eigenvalue weighted by atomic mass is 9.83. The molecule has 17 atom stereocenters. The number of guanidine groups is 5. The van der Waals surface area contributed by atoms with Crippen LogP contribution in [-0.2, 0) is 42.9 Å². The van der Waals surface area contributed by atoms with E-state index in [1.54, 1.807) is 7.05 Å². The second-order valence-electron chi connectivity index (χ2n) is 21.6. The first-order chi connectivity index (χ1) is 41.4. The van der Waals surface area contributed by atoms with Crippen LogP contribution in [0.1, 0.15) is 105 Å². The molecule has 6 unspecified atom stereocenters. The molecule has 508 valence electrons. The molecule has 3 aliphatic rings. The number of rotatable bonds is 43. The standard InChI is InChI=1S/C43H87N21O11.C7H16N4O.CH4/c1-43(71)23-72-38(33(70)36(43)52-2)75-35-31(64-61-27(22-68)10-6-16-56-42(50)51)17-30(63-60-26(21-67)9-5-15-55-41(48)49)34(32(35)69)74-37-29(62-59-25(20-66)8-4-14-54-40(46)47)12-11-28(73-37)18-57-58-24(19-65)7-3-13-53-39(44)45;1-5(12)6(8)3-2-4-11-7(9)10;/h19-22,24-38,52,57-64,69-71H,3-18,23H2,1-2H3,(H4,44,45,53)(H4,46,47,54)(H4,48,49,55)(H4,50,51,56);6H,2-4,8H2,1H3,(H4,9,10,11);1H4/t24-,25-,26-,27-,28-,29?,30?,31-,32?,33?,34+,35-,36+,37-,38-,43?;;/m1../s1.